The first-order valence-corrected chi connectivity index (χ1v) is 15.4. The molecular weight excluding hydrogens is 548 g/mol. The third-order valence-electron chi connectivity index (χ3n) is 11.5. The SMILES string of the molecule is C/C(=N\n1c(O)c(C#N)c(-c2ccc(Cl)cc2)c(C#N)c1=O)[C@H]1CC[C@H]2[C@@H]3CC=C4C[C@@H](O)CC[C@]4(C)[C@H]3CC[C@]12C. The van der Waals surface area contributed by atoms with Gasteiger partial charge in [-0.3, -0.25) is 4.79 Å². The maximum absolute atomic E-state index is 13.6. The zero-order valence-corrected chi connectivity index (χ0v) is 25.2. The summed E-state index contributed by atoms with van der Waals surface area (Å²) in [6.07, 6.45) is 10.2. The normalized spacial score (nSPS) is 33.9. The van der Waals surface area contributed by atoms with Crippen LogP contribution in [0.4, 0.5) is 0 Å². The second kappa shape index (κ2) is 10.4. The van der Waals surface area contributed by atoms with E-state index in [1.165, 1.54) is 5.57 Å². The number of hydrogen-bond donors (Lipinski definition) is 2. The molecule has 1 aromatic heterocycles. The Balaban J connectivity index is 1.36. The summed E-state index contributed by atoms with van der Waals surface area (Å²) in [5, 5.41) is 46.6. The van der Waals surface area contributed by atoms with Crippen LogP contribution in [-0.2, 0) is 0 Å². The van der Waals surface area contributed by atoms with Gasteiger partial charge in [0, 0.05) is 22.2 Å². The zero-order valence-electron chi connectivity index (χ0n) is 24.4. The lowest BCUT2D eigenvalue weighted by atomic mass is 9.47. The van der Waals surface area contributed by atoms with Crippen LogP contribution in [-0.4, -0.2) is 26.7 Å². The molecule has 4 aliphatic carbocycles. The Morgan fingerprint density at radius 3 is 2.45 bits per heavy atom. The number of halogens is 1. The van der Waals surface area contributed by atoms with E-state index in [0.717, 1.165) is 61.8 Å². The summed E-state index contributed by atoms with van der Waals surface area (Å²) < 4.78 is 0.845. The van der Waals surface area contributed by atoms with Crippen LogP contribution in [0.5, 0.6) is 5.88 Å². The highest BCUT2D eigenvalue weighted by Crippen LogP contribution is 2.66. The van der Waals surface area contributed by atoms with Gasteiger partial charge in [-0.2, -0.15) is 20.3 Å². The minimum Gasteiger partial charge on any atom is -0.492 e. The summed E-state index contributed by atoms with van der Waals surface area (Å²) >= 11 is 6.02. The summed E-state index contributed by atoms with van der Waals surface area (Å²) in [6, 6.07) is 10.4. The van der Waals surface area contributed by atoms with E-state index in [2.05, 4.69) is 25.0 Å². The third-order valence-corrected chi connectivity index (χ3v) is 11.8. The monoisotopic (exact) mass is 584 g/mol. The molecule has 0 amide bonds. The number of aromatic hydroxyl groups is 1. The Bertz CT molecular complexity index is 1640. The molecule has 6 rings (SSSR count). The summed E-state index contributed by atoms with van der Waals surface area (Å²) in [6.45, 7) is 6.69. The molecule has 1 aromatic carbocycles. The molecule has 8 heteroatoms. The predicted octanol–water partition coefficient (Wildman–Crippen LogP) is 6.78. The van der Waals surface area contributed by atoms with Crippen molar-refractivity contribution in [3.05, 3.63) is 62.4 Å². The van der Waals surface area contributed by atoms with Gasteiger partial charge in [0.1, 0.15) is 23.3 Å². The van der Waals surface area contributed by atoms with Gasteiger partial charge < -0.3 is 10.2 Å². The fourth-order valence-electron chi connectivity index (χ4n) is 9.41. The first-order chi connectivity index (χ1) is 20.0. The van der Waals surface area contributed by atoms with Gasteiger partial charge in [0.05, 0.1) is 6.10 Å². The van der Waals surface area contributed by atoms with Gasteiger partial charge in [0.2, 0.25) is 5.88 Å². The van der Waals surface area contributed by atoms with E-state index in [4.69, 9.17) is 11.6 Å². The Morgan fingerprint density at radius 2 is 1.76 bits per heavy atom. The van der Waals surface area contributed by atoms with Gasteiger partial charge in [-0.15, -0.1) is 0 Å². The number of benzene rings is 1. The quantitative estimate of drug-likeness (QED) is 0.304. The van der Waals surface area contributed by atoms with Gasteiger partial charge >= 0.3 is 0 Å². The topological polar surface area (TPSA) is 122 Å². The Kier molecular flexibility index (Phi) is 7.11. The number of pyridine rings is 1. The first kappa shape index (κ1) is 28.7. The van der Waals surface area contributed by atoms with Crippen LogP contribution in [0.25, 0.3) is 11.1 Å². The minimum absolute atomic E-state index is 0.00320. The van der Waals surface area contributed by atoms with Crippen molar-refractivity contribution in [2.75, 3.05) is 0 Å². The fraction of sp³-hybridized carbons (Fsp3) is 0.529. The molecule has 7 nitrogen and oxygen atoms in total. The highest BCUT2D eigenvalue weighted by atomic mass is 35.5. The maximum atomic E-state index is 13.6. The van der Waals surface area contributed by atoms with E-state index in [1.807, 2.05) is 19.1 Å². The van der Waals surface area contributed by atoms with Crippen LogP contribution in [0, 0.1) is 57.2 Å². The average Bonchev–Trinajstić information content (AvgIpc) is 3.33. The number of hydrogen-bond acceptors (Lipinski definition) is 6. The maximum Gasteiger partial charge on any atom is 0.292 e. The highest BCUT2D eigenvalue weighted by molar-refractivity contribution is 6.30. The molecule has 2 N–H and O–H groups in total. The van der Waals surface area contributed by atoms with E-state index in [1.54, 1.807) is 24.3 Å². The number of rotatable bonds is 3. The molecule has 7 atom stereocenters. The molecule has 0 bridgehead atoms. The molecule has 4 aliphatic rings. The Labute approximate surface area is 251 Å². The van der Waals surface area contributed by atoms with Gasteiger partial charge in [0.25, 0.3) is 5.56 Å². The van der Waals surface area contributed by atoms with Crippen LogP contribution >= 0.6 is 11.6 Å². The van der Waals surface area contributed by atoms with Crippen molar-refractivity contribution in [3.8, 4) is 29.1 Å². The molecule has 0 saturated heterocycles. The molecule has 3 saturated carbocycles. The lowest BCUT2D eigenvalue weighted by Gasteiger charge is -2.58. The van der Waals surface area contributed by atoms with Crippen LogP contribution in [0.3, 0.4) is 0 Å². The van der Waals surface area contributed by atoms with Gasteiger partial charge in [-0.25, -0.2) is 0 Å². The average molecular weight is 585 g/mol. The molecule has 218 valence electrons. The van der Waals surface area contributed by atoms with Crippen molar-refractivity contribution in [2.24, 2.45) is 39.6 Å². The molecule has 0 spiro atoms. The van der Waals surface area contributed by atoms with Gasteiger partial charge in [0.15, 0.2) is 0 Å². The number of aliphatic hydroxyl groups excluding tert-OH is 1. The number of aromatic nitrogens is 1. The first-order valence-electron chi connectivity index (χ1n) is 15.0. The van der Waals surface area contributed by atoms with Crippen LogP contribution in [0.15, 0.2) is 45.8 Å². The molecule has 0 unspecified atom stereocenters. The summed E-state index contributed by atoms with van der Waals surface area (Å²) in [7, 11) is 0. The molecule has 0 radical (unpaired) electrons. The fourth-order valence-corrected chi connectivity index (χ4v) is 9.54. The molecule has 3 fully saturated rings. The second-order valence-corrected chi connectivity index (χ2v) is 13.8. The van der Waals surface area contributed by atoms with Gasteiger partial charge in [-0.1, -0.05) is 49.2 Å². The minimum atomic E-state index is -0.751. The summed E-state index contributed by atoms with van der Waals surface area (Å²) in [5.74, 6) is 1.27. The summed E-state index contributed by atoms with van der Waals surface area (Å²) in [5.41, 5.74) is 1.73. The predicted molar refractivity (Wildman–Crippen MR) is 162 cm³/mol. The lowest BCUT2D eigenvalue weighted by Crippen LogP contribution is -2.51. The van der Waals surface area contributed by atoms with E-state index in [9.17, 15) is 25.5 Å². The van der Waals surface area contributed by atoms with E-state index in [0.29, 0.717) is 28.3 Å². The summed E-state index contributed by atoms with van der Waals surface area (Å²) in [4.78, 5) is 13.6. The van der Waals surface area contributed by atoms with Gasteiger partial charge in [-0.05, 0) is 105 Å². The standard InChI is InChI=1S/C34H37ClN4O3/c1-19(38-39-31(41)25(17-36)30(26(18-37)32(39)42)20-4-7-22(35)8-5-20)27-10-11-28-24-9-6-21-16-23(40)12-14-33(21,2)29(24)13-15-34(27,28)3/h4-8,23-24,27-29,40-41H,9-16H2,1-3H3/b38-19+/t23-,24-,27+,28-,29-,33-,34+/m0/s1. The van der Waals surface area contributed by atoms with Crippen molar-refractivity contribution in [1.29, 1.82) is 10.5 Å². The van der Waals surface area contributed by atoms with Crippen molar-refractivity contribution < 1.29 is 10.2 Å². The Hall–Kier alpha value is -3.39. The van der Waals surface area contributed by atoms with E-state index < -0.39 is 11.4 Å². The second-order valence-electron chi connectivity index (χ2n) is 13.4. The van der Waals surface area contributed by atoms with Crippen molar-refractivity contribution in [2.45, 2.75) is 78.2 Å². The van der Waals surface area contributed by atoms with Crippen molar-refractivity contribution in [3.63, 3.8) is 0 Å². The van der Waals surface area contributed by atoms with Crippen LogP contribution < -0.4 is 5.56 Å². The largest absolute Gasteiger partial charge is 0.492 e. The molecule has 42 heavy (non-hydrogen) atoms. The number of fused-ring (bicyclic) bond motifs is 5. The van der Waals surface area contributed by atoms with Crippen molar-refractivity contribution >= 4 is 17.3 Å². The van der Waals surface area contributed by atoms with E-state index in [-0.39, 0.29) is 39.5 Å². The lowest BCUT2D eigenvalue weighted by molar-refractivity contribution is -0.0423. The van der Waals surface area contributed by atoms with Crippen LogP contribution in [0.1, 0.15) is 83.3 Å². The smallest absolute Gasteiger partial charge is 0.292 e. The Morgan fingerprint density at radius 1 is 1.05 bits per heavy atom. The highest BCUT2D eigenvalue weighted by Gasteiger charge is 2.59. The van der Waals surface area contributed by atoms with Crippen LogP contribution in [0.2, 0.25) is 5.02 Å². The number of nitrogens with zero attached hydrogens (tertiary/aromatic N) is 4. The van der Waals surface area contributed by atoms with Crippen molar-refractivity contribution in [1.82, 2.24) is 4.68 Å². The molecule has 0 aliphatic heterocycles. The number of allylic oxidation sites excluding steroid dienone is 1. The third kappa shape index (κ3) is 4.24. The molecule has 1 heterocycles. The number of aliphatic hydroxyl groups is 1. The van der Waals surface area contributed by atoms with E-state index >= 15 is 0 Å². The molecule has 2 aromatic rings. The molecular formula is C34H37ClN4O3. The zero-order chi connectivity index (χ0) is 30.0. The number of nitriles is 2.